The second-order valence-electron chi connectivity index (χ2n) is 8.00. The molecule has 1 fully saturated rings. The fraction of sp³-hybridized carbons (Fsp3) is 0.500. The number of rotatable bonds is 2. The van der Waals surface area contributed by atoms with Gasteiger partial charge in [0, 0.05) is 25.6 Å². The van der Waals surface area contributed by atoms with Crippen molar-refractivity contribution >= 4 is 34.9 Å². The zero-order valence-electron chi connectivity index (χ0n) is 16.2. The van der Waals surface area contributed by atoms with Crippen LogP contribution in [0.25, 0.3) is 0 Å². The SMILES string of the molecule is CC1CCN(C(=O)c2cc3n(n2)[C@H](C(F)(F)F)C[C@H](c2ccc(Cl)c(Cl)c2)N3)CC1. The van der Waals surface area contributed by atoms with Crippen LogP contribution < -0.4 is 5.32 Å². The summed E-state index contributed by atoms with van der Waals surface area (Å²) in [6.45, 7) is 3.30. The summed E-state index contributed by atoms with van der Waals surface area (Å²) in [6, 6.07) is 3.67. The lowest BCUT2D eigenvalue weighted by Crippen LogP contribution is -2.38. The highest BCUT2D eigenvalue weighted by molar-refractivity contribution is 6.42. The maximum atomic E-state index is 13.8. The molecule has 1 amide bonds. The van der Waals surface area contributed by atoms with Crippen LogP contribution in [0.3, 0.4) is 0 Å². The maximum Gasteiger partial charge on any atom is 0.410 e. The van der Waals surface area contributed by atoms with Gasteiger partial charge in [-0.25, -0.2) is 4.68 Å². The molecule has 3 heterocycles. The van der Waals surface area contributed by atoms with E-state index in [-0.39, 0.29) is 28.9 Å². The first-order valence-electron chi connectivity index (χ1n) is 9.80. The van der Waals surface area contributed by atoms with Crippen LogP contribution in [0.1, 0.15) is 54.3 Å². The fourth-order valence-corrected chi connectivity index (χ4v) is 4.31. The number of benzene rings is 1. The van der Waals surface area contributed by atoms with Crippen LogP contribution >= 0.6 is 23.2 Å². The first-order chi connectivity index (χ1) is 14.1. The van der Waals surface area contributed by atoms with Crippen molar-refractivity contribution in [1.29, 1.82) is 0 Å². The lowest BCUT2D eigenvalue weighted by atomic mass is 9.97. The zero-order chi connectivity index (χ0) is 21.6. The Morgan fingerprint density at radius 1 is 1.17 bits per heavy atom. The summed E-state index contributed by atoms with van der Waals surface area (Å²) >= 11 is 12.0. The number of nitrogens with zero attached hydrogens (tertiary/aromatic N) is 3. The van der Waals surface area contributed by atoms with Crippen molar-refractivity contribution < 1.29 is 18.0 Å². The molecule has 4 rings (SSSR count). The van der Waals surface area contributed by atoms with E-state index in [0.717, 1.165) is 17.5 Å². The third-order valence-corrected chi connectivity index (χ3v) is 6.56. The minimum atomic E-state index is -4.52. The van der Waals surface area contributed by atoms with Gasteiger partial charge in [0.2, 0.25) is 0 Å². The molecule has 1 aromatic carbocycles. The molecule has 30 heavy (non-hydrogen) atoms. The molecular weight excluding hydrogens is 440 g/mol. The van der Waals surface area contributed by atoms with E-state index in [1.165, 1.54) is 6.07 Å². The Morgan fingerprint density at radius 3 is 2.50 bits per heavy atom. The molecule has 0 unspecified atom stereocenters. The van der Waals surface area contributed by atoms with Gasteiger partial charge >= 0.3 is 6.18 Å². The third kappa shape index (κ3) is 4.12. The van der Waals surface area contributed by atoms with Crippen LogP contribution in [0.2, 0.25) is 10.0 Å². The number of carbonyl (C=O) groups excluding carboxylic acids is 1. The van der Waals surface area contributed by atoms with Crippen LogP contribution in [0.15, 0.2) is 24.3 Å². The van der Waals surface area contributed by atoms with Gasteiger partial charge in [0.25, 0.3) is 5.91 Å². The predicted molar refractivity (Wildman–Crippen MR) is 109 cm³/mol. The fourth-order valence-electron chi connectivity index (χ4n) is 4.00. The number of amides is 1. The van der Waals surface area contributed by atoms with Crippen molar-refractivity contribution in [2.45, 2.75) is 44.4 Å². The first-order valence-corrected chi connectivity index (χ1v) is 10.6. The summed E-state index contributed by atoms with van der Waals surface area (Å²) in [6.07, 6.45) is -3.03. The molecule has 5 nitrogen and oxygen atoms in total. The summed E-state index contributed by atoms with van der Waals surface area (Å²) in [7, 11) is 0. The molecular formula is C20H21Cl2F3N4O. The highest BCUT2D eigenvalue weighted by Crippen LogP contribution is 2.44. The van der Waals surface area contributed by atoms with Crippen LogP contribution in [0.5, 0.6) is 0 Å². The van der Waals surface area contributed by atoms with Gasteiger partial charge in [-0.05, 0) is 36.5 Å². The van der Waals surface area contributed by atoms with E-state index in [1.807, 2.05) is 0 Å². The van der Waals surface area contributed by atoms with E-state index in [4.69, 9.17) is 23.2 Å². The molecule has 0 radical (unpaired) electrons. The Kier molecular flexibility index (Phi) is 5.66. The molecule has 2 aliphatic heterocycles. The summed E-state index contributed by atoms with van der Waals surface area (Å²) in [4.78, 5) is 14.5. The first kappa shape index (κ1) is 21.3. The number of fused-ring (bicyclic) bond motifs is 1. The number of likely N-dealkylation sites (tertiary alicyclic amines) is 1. The highest BCUT2D eigenvalue weighted by Gasteiger charge is 2.47. The van der Waals surface area contributed by atoms with E-state index < -0.39 is 18.3 Å². The van der Waals surface area contributed by atoms with Gasteiger partial charge in [0.15, 0.2) is 11.7 Å². The minimum absolute atomic E-state index is 0.0242. The highest BCUT2D eigenvalue weighted by atomic mass is 35.5. The number of carbonyl (C=O) groups is 1. The molecule has 2 aromatic rings. The Bertz CT molecular complexity index is 954. The summed E-state index contributed by atoms with van der Waals surface area (Å²) in [5.41, 5.74) is 0.611. The second-order valence-corrected chi connectivity index (χ2v) is 8.81. The van der Waals surface area contributed by atoms with Crippen molar-refractivity contribution in [2.24, 2.45) is 5.92 Å². The Morgan fingerprint density at radius 2 is 1.87 bits per heavy atom. The average Bonchev–Trinajstić information content (AvgIpc) is 3.12. The number of hydrogen-bond acceptors (Lipinski definition) is 3. The number of nitrogens with one attached hydrogen (secondary N) is 1. The molecule has 162 valence electrons. The normalized spacial score (nSPS) is 22.5. The lowest BCUT2D eigenvalue weighted by Gasteiger charge is -2.33. The van der Waals surface area contributed by atoms with E-state index in [9.17, 15) is 18.0 Å². The van der Waals surface area contributed by atoms with E-state index in [0.29, 0.717) is 29.6 Å². The van der Waals surface area contributed by atoms with Crippen LogP contribution in [0.4, 0.5) is 19.0 Å². The van der Waals surface area contributed by atoms with Crippen molar-refractivity contribution in [3.63, 3.8) is 0 Å². The van der Waals surface area contributed by atoms with Gasteiger partial charge < -0.3 is 10.2 Å². The molecule has 2 aliphatic rings. The van der Waals surface area contributed by atoms with Gasteiger partial charge in [-0.1, -0.05) is 36.2 Å². The Hall–Kier alpha value is -1.93. The van der Waals surface area contributed by atoms with Crippen LogP contribution in [-0.4, -0.2) is 39.9 Å². The topological polar surface area (TPSA) is 50.2 Å². The summed E-state index contributed by atoms with van der Waals surface area (Å²) < 4.78 is 42.4. The minimum Gasteiger partial charge on any atom is -0.363 e. The average molecular weight is 461 g/mol. The summed E-state index contributed by atoms with van der Waals surface area (Å²) in [5, 5.41) is 7.73. The van der Waals surface area contributed by atoms with Crippen molar-refractivity contribution in [3.05, 3.63) is 45.6 Å². The van der Waals surface area contributed by atoms with Crippen molar-refractivity contribution in [3.8, 4) is 0 Å². The number of halogens is 5. The molecule has 1 aromatic heterocycles. The smallest absolute Gasteiger partial charge is 0.363 e. The van der Waals surface area contributed by atoms with Gasteiger partial charge in [-0.15, -0.1) is 0 Å². The largest absolute Gasteiger partial charge is 0.410 e. The number of aromatic nitrogens is 2. The van der Waals surface area contributed by atoms with Crippen molar-refractivity contribution in [1.82, 2.24) is 14.7 Å². The molecule has 1 saturated heterocycles. The standard InChI is InChI=1S/C20H21Cl2F3N4O/c1-11-4-6-28(7-5-11)19(30)16-10-18-26-15(12-2-3-13(21)14(22)8-12)9-17(20(23,24)25)29(18)27-16/h2-3,8,10-11,15,17,26H,4-7,9H2,1H3/t15-,17+/m1/s1. The second kappa shape index (κ2) is 7.96. The molecule has 0 aliphatic carbocycles. The van der Waals surface area contributed by atoms with Crippen LogP contribution in [0, 0.1) is 5.92 Å². The van der Waals surface area contributed by atoms with E-state index >= 15 is 0 Å². The Labute approximate surface area is 182 Å². The molecule has 10 heteroatoms. The predicted octanol–water partition coefficient (Wildman–Crippen LogP) is 5.72. The number of alkyl halides is 3. The molecule has 0 saturated carbocycles. The van der Waals surface area contributed by atoms with Crippen LogP contribution in [-0.2, 0) is 0 Å². The molecule has 1 N–H and O–H groups in total. The third-order valence-electron chi connectivity index (χ3n) is 5.83. The number of anilines is 1. The monoisotopic (exact) mass is 460 g/mol. The molecule has 0 spiro atoms. The molecule has 2 atom stereocenters. The Balaban J connectivity index is 1.64. The number of piperidine rings is 1. The van der Waals surface area contributed by atoms with E-state index in [2.05, 4.69) is 17.3 Å². The summed E-state index contributed by atoms with van der Waals surface area (Å²) in [5.74, 6) is 0.360. The maximum absolute atomic E-state index is 13.8. The van der Waals surface area contributed by atoms with Crippen molar-refractivity contribution in [2.75, 3.05) is 18.4 Å². The van der Waals surface area contributed by atoms with Gasteiger partial charge in [0.05, 0.1) is 16.1 Å². The number of hydrogen-bond donors (Lipinski definition) is 1. The van der Waals surface area contributed by atoms with Gasteiger partial charge in [-0.3, -0.25) is 4.79 Å². The zero-order valence-corrected chi connectivity index (χ0v) is 17.7. The van der Waals surface area contributed by atoms with Gasteiger partial charge in [-0.2, -0.15) is 18.3 Å². The lowest BCUT2D eigenvalue weighted by molar-refractivity contribution is -0.173. The quantitative estimate of drug-likeness (QED) is 0.622. The molecule has 0 bridgehead atoms. The van der Waals surface area contributed by atoms with Gasteiger partial charge in [0.1, 0.15) is 5.82 Å². The van der Waals surface area contributed by atoms with E-state index in [1.54, 1.807) is 23.1 Å².